The van der Waals surface area contributed by atoms with Gasteiger partial charge in [-0.05, 0) is 47.9 Å². The molecule has 0 aliphatic rings. The summed E-state index contributed by atoms with van der Waals surface area (Å²) in [4.78, 5) is 0.451. The smallest absolute Gasteiger partial charge is 0.294 e. The van der Waals surface area contributed by atoms with E-state index >= 15 is 0 Å². The van der Waals surface area contributed by atoms with Crippen molar-refractivity contribution in [2.45, 2.75) is 16.2 Å². The van der Waals surface area contributed by atoms with Crippen LogP contribution in [0.15, 0.2) is 74.6 Å². The van der Waals surface area contributed by atoms with Crippen LogP contribution in [0.3, 0.4) is 0 Å². The fourth-order valence-corrected chi connectivity index (χ4v) is 3.66. The number of benzene rings is 3. The Hall–Kier alpha value is -2.58. The lowest BCUT2D eigenvalue weighted by Gasteiger charge is -2.11. The minimum absolute atomic E-state index is 0.233. The van der Waals surface area contributed by atoms with Crippen molar-refractivity contribution >= 4 is 44.3 Å². The average molecular weight is 481 g/mol. The van der Waals surface area contributed by atoms with Gasteiger partial charge in [-0.1, -0.05) is 17.2 Å². The van der Waals surface area contributed by atoms with Gasteiger partial charge in [-0.25, -0.2) is 5.26 Å². The lowest BCUT2D eigenvalue weighted by molar-refractivity contribution is -0.432. The molecule has 10 nitrogen and oxygen atoms in total. The van der Waals surface area contributed by atoms with Gasteiger partial charge in [0.05, 0.1) is 29.2 Å². The summed E-state index contributed by atoms with van der Waals surface area (Å²) in [7, 11) is -2.67. The van der Waals surface area contributed by atoms with Crippen LogP contribution in [0.25, 0.3) is 10.8 Å². The molecule has 0 aliphatic heterocycles. The number of hydrogen-bond donors (Lipinski definition) is 2. The lowest BCUT2D eigenvalue weighted by Crippen LogP contribution is -2.01. The van der Waals surface area contributed by atoms with Gasteiger partial charge in [0.1, 0.15) is 11.4 Å². The van der Waals surface area contributed by atoms with Crippen molar-refractivity contribution < 1.29 is 37.1 Å². The van der Waals surface area contributed by atoms with E-state index in [1.165, 1.54) is 24.3 Å². The summed E-state index contributed by atoms with van der Waals surface area (Å²) in [6, 6.07) is 14.3. The topological polar surface area (TPSA) is 136 Å². The predicted octanol–water partition coefficient (Wildman–Crippen LogP) is 5.35. The number of methoxy groups -OCH3 is 1. The van der Waals surface area contributed by atoms with Gasteiger partial charge in [-0.3, -0.25) is 4.55 Å². The van der Waals surface area contributed by atoms with Gasteiger partial charge >= 0.3 is 0 Å². The molecule has 0 saturated heterocycles. The molecule has 0 unspecified atom stereocenters. The summed E-state index contributed by atoms with van der Waals surface area (Å²) in [6.07, 6.45) is 0.691. The largest absolute Gasteiger partial charge is 0.491 e. The Labute approximate surface area is 188 Å². The maximum absolute atomic E-state index is 11.2. The molecular weight excluding hydrogens is 460 g/mol. The fraction of sp³-hybridized carbons (Fsp3) is 0.200. The molecule has 0 fully saturated rings. The number of hydrogen-bond acceptors (Lipinski definition) is 10. The number of ether oxygens (including phenoxy) is 2. The molecule has 2 N–H and O–H groups in total. The molecule has 3 rings (SSSR count). The van der Waals surface area contributed by atoms with Crippen molar-refractivity contribution in [3.63, 3.8) is 0 Å². The summed E-state index contributed by atoms with van der Waals surface area (Å²) in [5.41, 5.74) is 0.870. The third-order valence-corrected chi connectivity index (χ3v) is 5.68. The third kappa shape index (κ3) is 6.46. The van der Waals surface area contributed by atoms with E-state index in [4.69, 9.17) is 19.3 Å². The highest BCUT2D eigenvalue weighted by atomic mass is 32.2. The second-order valence-electron chi connectivity index (χ2n) is 6.38. The Bertz CT molecular complexity index is 1180. The minimum atomic E-state index is -4.29. The first-order chi connectivity index (χ1) is 15.4. The lowest BCUT2D eigenvalue weighted by atomic mass is 10.1. The molecule has 0 radical (unpaired) electrons. The van der Waals surface area contributed by atoms with E-state index in [0.29, 0.717) is 41.7 Å². The van der Waals surface area contributed by atoms with Crippen LogP contribution in [0.2, 0.25) is 0 Å². The molecule has 0 aliphatic carbocycles. The van der Waals surface area contributed by atoms with Gasteiger partial charge in [0.2, 0.25) is 0 Å². The van der Waals surface area contributed by atoms with Crippen LogP contribution in [0.5, 0.6) is 5.75 Å². The molecule has 0 atom stereocenters. The predicted molar refractivity (Wildman–Crippen MR) is 117 cm³/mol. The van der Waals surface area contributed by atoms with E-state index in [1.807, 2.05) is 12.1 Å². The number of fused-ring (bicyclic) bond motifs is 1. The Morgan fingerprint density at radius 2 is 1.78 bits per heavy atom. The monoisotopic (exact) mass is 480 g/mol. The molecule has 0 amide bonds. The second-order valence-corrected chi connectivity index (χ2v) is 8.58. The maximum Gasteiger partial charge on any atom is 0.294 e. The van der Waals surface area contributed by atoms with E-state index in [-0.39, 0.29) is 4.90 Å². The molecular formula is C20H20N2O8S2. The highest BCUT2D eigenvalue weighted by Crippen LogP contribution is 2.38. The molecule has 0 heterocycles. The average Bonchev–Trinajstić information content (AvgIpc) is 2.79. The first-order valence-electron chi connectivity index (χ1n) is 9.25. The molecule has 0 bridgehead atoms. The van der Waals surface area contributed by atoms with Crippen LogP contribution >= 0.6 is 12.0 Å². The van der Waals surface area contributed by atoms with Crippen LogP contribution in [-0.4, -0.2) is 38.6 Å². The molecule has 12 heteroatoms. The summed E-state index contributed by atoms with van der Waals surface area (Å²) < 4.78 is 46.9. The van der Waals surface area contributed by atoms with Crippen LogP contribution in [-0.2, 0) is 24.2 Å². The van der Waals surface area contributed by atoms with Crippen LogP contribution in [0.4, 0.5) is 11.4 Å². The van der Waals surface area contributed by atoms with E-state index in [1.54, 1.807) is 25.3 Å². The van der Waals surface area contributed by atoms with Gasteiger partial charge in [0.15, 0.2) is 0 Å². The van der Waals surface area contributed by atoms with Crippen molar-refractivity contribution in [1.82, 2.24) is 0 Å². The normalized spacial score (nSPS) is 12.0. The SMILES string of the molecule is COCCCOc1ccc2cc(SOOO)ccc2c1N=Nc1ccc(S(=O)(=O)O)cc1. The zero-order valence-corrected chi connectivity index (χ0v) is 18.5. The maximum atomic E-state index is 11.2. The van der Waals surface area contributed by atoms with Crippen molar-refractivity contribution in [1.29, 1.82) is 0 Å². The zero-order valence-electron chi connectivity index (χ0n) is 16.9. The van der Waals surface area contributed by atoms with Crippen molar-refractivity contribution in [3.05, 3.63) is 54.6 Å². The number of nitrogens with zero attached hydrogens (tertiary/aromatic N) is 2. The van der Waals surface area contributed by atoms with Gasteiger partial charge in [0.25, 0.3) is 10.1 Å². The van der Waals surface area contributed by atoms with Crippen molar-refractivity contribution in [2.24, 2.45) is 10.2 Å². The molecule has 0 aromatic heterocycles. The van der Waals surface area contributed by atoms with Crippen LogP contribution < -0.4 is 4.74 Å². The van der Waals surface area contributed by atoms with E-state index < -0.39 is 10.1 Å². The summed E-state index contributed by atoms with van der Waals surface area (Å²) in [5.74, 6) is 0.516. The van der Waals surface area contributed by atoms with Crippen molar-refractivity contribution in [3.8, 4) is 5.75 Å². The molecule has 170 valence electrons. The molecule has 3 aromatic rings. The first-order valence-corrected chi connectivity index (χ1v) is 11.4. The zero-order chi connectivity index (χ0) is 23.0. The fourth-order valence-electron chi connectivity index (χ4n) is 2.78. The van der Waals surface area contributed by atoms with Crippen molar-refractivity contribution in [2.75, 3.05) is 20.3 Å². The van der Waals surface area contributed by atoms with E-state index in [0.717, 1.165) is 22.8 Å². The van der Waals surface area contributed by atoms with Gasteiger partial charge < -0.3 is 9.47 Å². The summed E-state index contributed by atoms with van der Waals surface area (Å²) >= 11 is 0.837. The van der Waals surface area contributed by atoms with Gasteiger partial charge in [0, 0.05) is 30.4 Å². The third-order valence-electron chi connectivity index (χ3n) is 4.24. The molecule has 32 heavy (non-hydrogen) atoms. The quantitative estimate of drug-likeness (QED) is 0.0929. The molecule has 3 aromatic carbocycles. The molecule has 0 saturated carbocycles. The minimum Gasteiger partial charge on any atom is -0.491 e. The highest BCUT2D eigenvalue weighted by Gasteiger charge is 2.12. The van der Waals surface area contributed by atoms with Gasteiger partial charge in [-0.15, -0.1) is 9.45 Å². The highest BCUT2D eigenvalue weighted by molar-refractivity contribution is 7.94. The Balaban J connectivity index is 1.95. The van der Waals surface area contributed by atoms with Crippen LogP contribution in [0.1, 0.15) is 6.42 Å². The second kappa shape index (κ2) is 11.3. The molecule has 0 spiro atoms. The van der Waals surface area contributed by atoms with E-state index in [9.17, 15) is 8.42 Å². The summed E-state index contributed by atoms with van der Waals surface area (Å²) in [5, 5.41) is 22.1. The number of azo groups is 1. The Kier molecular flexibility index (Phi) is 8.53. The van der Waals surface area contributed by atoms with Crippen LogP contribution in [0, 0.1) is 0 Å². The van der Waals surface area contributed by atoms with Gasteiger partial charge in [-0.2, -0.15) is 13.5 Å². The standard InChI is InChI=1S/C20H20N2O8S2/c1-27-11-2-12-28-19-10-3-14-13-16(31-30-29-23)6-9-18(14)20(19)22-21-15-4-7-17(8-5-15)32(24,25)26/h3-10,13,23H,2,11-12H2,1H3,(H,24,25,26). The number of rotatable bonds is 11. The van der Waals surface area contributed by atoms with E-state index in [2.05, 4.69) is 19.6 Å². The first kappa shape index (κ1) is 24.1. The Morgan fingerprint density at radius 3 is 2.47 bits per heavy atom. The summed E-state index contributed by atoms with van der Waals surface area (Å²) in [6.45, 7) is 0.971. The Morgan fingerprint density at radius 1 is 1.00 bits per heavy atom.